The molecule has 1 rings (SSSR count). The number of hydrogen-bond acceptors (Lipinski definition) is 2. The van der Waals surface area contributed by atoms with Gasteiger partial charge in [-0.05, 0) is 43.9 Å². The first kappa shape index (κ1) is 15.5. The van der Waals surface area contributed by atoms with Gasteiger partial charge in [-0.3, -0.25) is 4.79 Å². The molecule has 0 aliphatic heterocycles. The van der Waals surface area contributed by atoms with E-state index in [1.807, 2.05) is 36.1 Å². The van der Waals surface area contributed by atoms with Crippen molar-refractivity contribution in [2.24, 2.45) is 0 Å². The minimum atomic E-state index is 0.228. The topological polar surface area (TPSA) is 46.3 Å². The number of hydrogen-bond donors (Lipinski definition) is 1. The van der Waals surface area contributed by atoms with Crippen LogP contribution in [-0.2, 0) is 4.79 Å². The molecule has 0 saturated carbocycles. The van der Waals surface area contributed by atoms with Crippen LogP contribution in [0.15, 0.2) is 24.3 Å². The SMILES string of the molecule is CCC(C)N(CC)C(=O)CC(C)c1ccc(N)cc1. The molecule has 0 bridgehead atoms. The second-order valence-electron chi connectivity index (χ2n) is 5.21. The van der Waals surface area contributed by atoms with Crippen LogP contribution in [0.4, 0.5) is 5.69 Å². The quantitative estimate of drug-likeness (QED) is 0.799. The van der Waals surface area contributed by atoms with Crippen LogP contribution in [0, 0.1) is 0 Å². The van der Waals surface area contributed by atoms with Crippen LogP contribution >= 0.6 is 0 Å². The van der Waals surface area contributed by atoms with Gasteiger partial charge in [0.05, 0.1) is 0 Å². The van der Waals surface area contributed by atoms with E-state index >= 15 is 0 Å². The van der Waals surface area contributed by atoms with Gasteiger partial charge in [-0.15, -0.1) is 0 Å². The lowest BCUT2D eigenvalue weighted by atomic mass is 9.96. The molecule has 0 aromatic heterocycles. The van der Waals surface area contributed by atoms with Crippen LogP contribution in [0.2, 0.25) is 0 Å². The Morgan fingerprint density at radius 3 is 2.26 bits per heavy atom. The summed E-state index contributed by atoms with van der Waals surface area (Å²) in [7, 11) is 0. The Morgan fingerprint density at radius 2 is 1.79 bits per heavy atom. The summed E-state index contributed by atoms with van der Waals surface area (Å²) < 4.78 is 0. The maximum Gasteiger partial charge on any atom is 0.223 e. The van der Waals surface area contributed by atoms with Gasteiger partial charge in [0.1, 0.15) is 0 Å². The molecule has 1 aromatic carbocycles. The molecule has 2 unspecified atom stereocenters. The normalized spacial score (nSPS) is 13.9. The van der Waals surface area contributed by atoms with E-state index in [0.29, 0.717) is 12.5 Å². The number of amides is 1. The molecule has 106 valence electrons. The molecule has 2 N–H and O–H groups in total. The Morgan fingerprint density at radius 1 is 1.21 bits per heavy atom. The van der Waals surface area contributed by atoms with Gasteiger partial charge in [0, 0.05) is 24.7 Å². The lowest BCUT2D eigenvalue weighted by Crippen LogP contribution is -2.38. The molecule has 0 fully saturated rings. The minimum Gasteiger partial charge on any atom is -0.399 e. The number of anilines is 1. The third-order valence-electron chi connectivity index (χ3n) is 3.77. The molecule has 0 spiro atoms. The van der Waals surface area contributed by atoms with E-state index in [-0.39, 0.29) is 11.8 Å². The number of nitrogens with zero attached hydrogens (tertiary/aromatic N) is 1. The van der Waals surface area contributed by atoms with E-state index in [9.17, 15) is 4.79 Å². The van der Waals surface area contributed by atoms with Crippen molar-refractivity contribution in [1.82, 2.24) is 4.90 Å². The first-order valence-electron chi connectivity index (χ1n) is 7.14. The summed E-state index contributed by atoms with van der Waals surface area (Å²) in [6.07, 6.45) is 1.55. The average molecular weight is 262 g/mol. The Labute approximate surface area is 116 Å². The molecular formula is C16H26N2O. The van der Waals surface area contributed by atoms with Crippen LogP contribution in [0.5, 0.6) is 0 Å². The van der Waals surface area contributed by atoms with Crippen molar-refractivity contribution in [3.8, 4) is 0 Å². The number of nitrogen functional groups attached to an aromatic ring is 1. The van der Waals surface area contributed by atoms with Gasteiger partial charge in [-0.25, -0.2) is 0 Å². The molecular weight excluding hydrogens is 236 g/mol. The molecule has 1 aromatic rings. The van der Waals surface area contributed by atoms with Gasteiger partial charge < -0.3 is 10.6 Å². The largest absolute Gasteiger partial charge is 0.399 e. The van der Waals surface area contributed by atoms with Gasteiger partial charge in [0.25, 0.3) is 0 Å². The highest BCUT2D eigenvalue weighted by atomic mass is 16.2. The maximum atomic E-state index is 12.3. The van der Waals surface area contributed by atoms with Crippen LogP contribution in [0.25, 0.3) is 0 Å². The molecule has 0 radical (unpaired) electrons. The van der Waals surface area contributed by atoms with Crippen molar-refractivity contribution in [3.63, 3.8) is 0 Å². The fraction of sp³-hybridized carbons (Fsp3) is 0.562. The van der Waals surface area contributed by atoms with Crippen LogP contribution < -0.4 is 5.73 Å². The van der Waals surface area contributed by atoms with Gasteiger partial charge >= 0.3 is 0 Å². The first-order chi connectivity index (χ1) is 8.99. The average Bonchev–Trinajstić information content (AvgIpc) is 2.39. The molecule has 3 heteroatoms. The summed E-state index contributed by atoms with van der Waals surface area (Å²) in [6.45, 7) is 9.13. The highest BCUT2D eigenvalue weighted by molar-refractivity contribution is 5.77. The van der Waals surface area contributed by atoms with Gasteiger partial charge in [-0.2, -0.15) is 0 Å². The molecule has 2 atom stereocenters. The Bertz CT molecular complexity index is 400. The van der Waals surface area contributed by atoms with Crippen LogP contribution in [0.3, 0.4) is 0 Å². The van der Waals surface area contributed by atoms with E-state index in [0.717, 1.165) is 18.7 Å². The highest BCUT2D eigenvalue weighted by Crippen LogP contribution is 2.21. The van der Waals surface area contributed by atoms with E-state index in [1.54, 1.807) is 0 Å². The lowest BCUT2D eigenvalue weighted by Gasteiger charge is -2.28. The van der Waals surface area contributed by atoms with Crippen molar-refractivity contribution in [2.75, 3.05) is 12.3 Å². The summed E-state index contributed by atoms with van der Waals surface area (Å²) in [5.74, 6) is 0.465. The Kier molecular flexibility index (Phi) is 5.87. The number of carbonyl (C=O) groups excluding carboxylic acids is 1. The summed E-state index contributed by atoms with van der Waals surface area (Å²) in [5.41, 5.74) is 7.61. The number of benzene rings is 1. The second kappa shape index (κ2) is 7.17. The van der Waals surface area contributed by atoms with Gasteiger partial charge in [-0.1, -0.05) is 26.0 Å². The number of nitrogens with two attached hydrogens (primary N) is 1. The predicted molar refractivity (Wildman–Crippen MR) is 81.0 cm³/mol. The third kappa shape index (κ3) is 4.27. The Balaban J connectivity index is 2.67. The Hall–Kier alpha value is -1.51. The zero-order valence-corrected chi connectivity index (χ0v) is 12.5. The summed E-state index contributed by atoms with van der Waals surface area (Å²) >= 11 is 0. The maximum absolute atomic E-state index is 12.3. The molecule has 3 nitrogen and oxygen atoms in total. The highest BCUT2D eigenvalue weighted by Gasteiger charge is 2.19. The summed E-state index contributed by atoms with van der Waals surface area (Å²) in [5, 5.41) is 0. The molecule has 0 heterocycles. The van der Waals surface area contributed by atoms with Gasteiger partial charge in [0.2, 0.25) is 5.91 Å². The van der Waals surface area contributed by atoms with Crippen molar-refractivity contribution in [3.05, 3.63) is 29.8 Å². The number of rotatable bonds is 6. The van der Waals surface area contributed by atoms with E-state index < -0.39 is 0 Å². The lowest BCUT2D eigenvalue weighted by molar-refractivity contribution is -0.133. The van der Waals surface area contributed by atoms with Crippen LogP contribution in [-0.4, -0.2) is 23.4 Å². The second-order valence-corrected chi connectivity index (χ2v) is 5.21. The van der Waals surface area contributed by atoms with Gasteiger partial charge in [0.15, 0.2) is 0 Å². The van der Waals surface area contributed by atoms with Crippen molar-refractivity contribution < 1.29 is 4.79 Å². The van der Waals surface area contributed by atoms with E-state index in [2.05, 4.69) is 20.8 Å². The van der Waals surface area contributed by atoms with E-state index in [4.69, 9.17) is 5.73 Å². The van der Waals surface area contributed by atoms with Crippen LogP contribution in [0.1, 0.15) is 52.0 Å². The van der Waals surface area contributed by atoms with Crippen molar-refractivity contribution in [2.45, 2.75) is 52.5 Å². The third-order valence-corrected chi connectivity index (χ3v) is 3.77. The molecule has 0 saturated heterocycles. The fourth-order valence-electron chi connectivity index (χ4n) is 2.28. The van der Waals surface area contributed by atoms with Crippen molar-refractivity contribution >= 4 is 11.6 Å². The first-order valence-corrected chi connectivity index (χ1v) is 7.14. The monoisotopic (exact) mass is 262 g/mol. The smallest absolute Gasteiger partial charge is 0.223 e. The van der Waals surface area contributed by atoms with Crippen molar-refractivity contribution in [1.29, 1.82) is 0 Å². The summed E-state index contributed by atoms with van der Waals surface area (Å²) in [4.78, 5) is 14.3. The standard InChI is InChI=1S/C16H26N2O/c1-5-13(4)18(6-2)16(19)11-12(3)14-7-9-15(17)10-8-14/h7-10,12-13H,5-6,11,17H2,1-4H3. The molecule has 0 aliphatic carbocycles. The predicted octanol–water partition coefficient (Wildman–Crippen LogP) is 3.41. The zero-order valence-electron chi connectivity index (χ0n) is 12.5. The zero-order chi connectivity index (χ0) is 14.4. The van der Waals surface area contributed by atoms with E-state index in [1.165, 1.54) is 5.56 Å². The summed E-state index contributed by atoms with van der Waals surface area (Å²) in [6, 6.07) is 8.11. The minimum absolute atomic E-state index is 0.228. The molecule has 1 amide bonds. The molecule has 19 heavy (non-hydrogen) atoms. The molecule has 0 aliphatic rings. The fourth-order valence-corrected chi connectivity index (χ4v) is 2.28. The number of carbonyl (C=O) groups is 1.